The Hall–Kier alpha value is -1.32. The first-order chi connectivity index (χ1) is 4.98. The minimum atomic E-state index is -4.40. The second-order valence-electron chi connectivity index (χ2n) is 1.05. The lowest BCUT2D eigenvalue weighted by Crippen LogP contribution is -2.13. The summed E-state index contributed by atoms with van der Waals surface area (Å²) < 4.78 is 42.0. The van der Waals surface area contributed by atoms with Crippen molar-refractivity contribution in [3.63, 3.8) is 0 Å². The monoisotopic (exact) mass is 199 g/mol. The van der Waals surface area contributed by atoms with E-state index >= 15 is 0 Å². The van der Waals surface area contributed by atoms with Gasteiger partial charge in [-0.3, -0.25) is 0 Å². The lowest BCUT2D eigenvalue weighted by Gasteiger charge is -1.82. The minimum Gasteiger partial charge on any atom is -0.168 e. The maximum atomic E-state index is 10.3. The van der Waals surface area contributed by atoms with Crippen LogP contribution in [0.5, 0.6) is 0 Å². The van der Waals surface area contributed by atoms with E-state index < -0.39 is 20.7 Å². The summed E-state index contributed by atoms with van der Waals surface area (Å²) in [4.78, 5) is 3.16. The standard InChI is InChI=1S/HN5O4S2/c1-2-3-4-11(8,9)5-10(6)7/h4H. The molecule has 0 heterocycles. The highest BCUT2D eigenvalue weighted by atomic mass is 32.3. The number of nitrogens with one attached hydrogen (secondary N) is 1. The summed E-state index contributed by atoms with van der Waals surface area (Å²) in [5.41, 5.74) is 7.60. The van der Waals surface area contributed by atoms with Crippen molar-refractivity contribution >= 4 is 20.7 Å². The second kappa shape index (κ2) is 3.75. The first-order valence-electron chi connectivity index (χ1n) is 1.86. The molecule has 0 atom stereocenters. The molecule has 0 aromatic rings. The first kappa shape index (κ1) is 9.68. The average Bonchev–Trinajstić information content (AvgIpc) is 1.81. The SMILES string of the molecule is [N-]=[N+]=NNS(=O)(=O)N=S(=O)=O. The van der Waals surface area contributed by atoms with Crippen LogP contribution in [0, 0.1) is 0 Å². The van der Waals surface area contributed by atoms with Gasteiger partial charge >= 0.3 is 20.7 Å². The molecule has 9 nitrogen and oxygen atoms in total. The zero-order valence-corrected chi connectivity index (χ0v) is 6.37. The molecule has 62 valence electrons. The second-order valence-corrected chi connectivity index (χ2v) is 3.21. The minimum absolute atomic E-state index is 1.16. The zero-order valence-electron chi connectivity index (χ0n) is 4.74. The number of hydrogen-bond donors (Lipinski definition) is 1. The lowest BCUT2D eigenvalue weighted by molar-refractivity contribution is 0.584. The fraction of sp³-hybridized carbons (Fsp3) is 0. The molecule has 1 N–H and O–H groups in total. The largest absolute Gasteiger partial charge is 0.432 e. The van der Waals surface area contributed by atoms with Gasteiger partial charge in [-0.2, -0.15) is 21.7 Å². The fourth-order valence-electron chi connectivity index (χ4n) is 0.167. The summed E-state index contributed by atoms with van der Waals surface area (Å²) in [5.74, 6) is 0. The van der Waals surface area contributed by atoms with Gasteiger partial charge in [-0.25, -0.2) is 0 Å². The van der Waals surface area contributed by atoms with Crippen LogP contribution >= 0.6 is 0 Å². The van der Waals surface area contributed by atoms with E-state index in [1.807, 2.05) is 4.91 Å². The quantitative estimate of drug-likeness (QED) is 0.272. The van der Waals surface area contributed by atoms with Crippen LogP contribution in [0.15, 0.2) is 8.99 Å². The molecule has 0 aromatic carbocycles. The predicted octanol–water partition coefficient (Wildman–Crippen LogP) is -0.891. The summed E-state index contributed by atoms with van der Waals surface area (Å²) in [7, 11) is -7.50. The molecule has 0 radical (unpaired) electrons. The highest BCUT2D eigenvalue weighted by Gasteiger charge is 2.08. The van der Waals surface area contributed by atoms with Crippen molar-refractivity contribution in [3.8, 4) is 0 Å². The van der Waals surface area contributed by atoms with Gasteiger partial charge < -0.3 is 0 Å². The molecule has 11 heavy (non-hydrogen) atoms. The topological polar surface area (TPSA) is 141 Å². The summed E-state index contributed by atoms with van der Waals surface area (Å²) >= 11 is 0. The summed E-state index contributed by atoms with van der Waals surface area (Å²) in [6.07, 6.45) is 0. The molecule has 0 rings (SSSR count). The van der Waals surface area contributed by atoms with Crippen molar-refractivity contribution in [2.75, 3.05) is 0 Å². The number of nitrogens with zero attached hydrogens (tertiary/aromatic N) is 4. The first-order valence-corrected chi connectivity index (χ1v) is 4.33. The maximum Gasteiger partial charge on any atom is 0.432 e. The summed E-state index contributed by atoms with van der Waals surface area (Å²) in [6, 6.07) is 0. The van der Waals surface area contributed by atoms with E-state index in [4.69, 9.17) is 5.53 Å². The molecule has 0 saturated carbocycles. The van der Waals surface area contributed by atoms with E-state index in [0.29, 0.717) is 0 Å². The molecule has 0 unspecified atom stereocenters. The third-order valence-electron chi connectivity index (χ3n) is 0.360. The molecule has 0 fully saturated rings. The third kappa shape index (κ3) is 5.14. The molecule has 0 aromatic heterocycles. The van der Waals surface area contributed by atoms with Gasteiger partial charge in [0, 0.05) is 0 Å². The van der Waals surface area contributed by atoms with Gasteiger partial charge in [-0.05, 0) is 8.99 Å². The zero-order chi connectivity index (χ0) is 8.91. The third-order valence-corrected chi connectivity index (χ3v) is 1.94. The number of rotatable bonds is 3. The van der Waals surface area contributed by atoms with Gasteiger partial charge in [0.05, 0.1) is 0 Å². The van der Waals surface area contributed by atoms with Crippen LogP contribution < -0.4 is 4.83 Å². The molecule has 0 saturated heterocycles. The highest BCUT2D eigenvalue weighted by Crippen LogP contribution is 1.83. The summed E-state index contributed by atoms with van der Waals surface area (Å²) in [5, 5.41) is 2.37. The average molecular weight is 199 g/mol. The van der Waals surface area contributed by atoms with Gasteiger partial charge in [0.25, 0.3) is 0 Å². The Balaban J connectivity index is 4.79. The van der Waals surface area contributed by atoms with Crippen molar-refractivity contribution < 1.29 is 16.8 Å². The van der Waals surface area contributed by atoms with Gasteiger partial charge in [-0.15, -0.1) is 10.4 Å². The van der Waals surface area contributed by atoms with Crippen molar-refractivity contribution in [1.82, 2.24) is 4.83 Å². The van der Waals surface area contributed by atoms with Crippen molar-refractivity contribution in [2.45, 2.75) is 0 Å². The number of hydrogen-bond acceptors (Lipinski definition) is 5. The molecular weight excluding hydrogens is 198 g/mol. The van der Waals surface area contributed by atoms with Crippen LogP contribution in [0.1, 0.15) is 0 Å². The molecule has 0 bridgehead atoms. The van der Waals surface area contributed by atoms with E-state index in [1.165, 1.54) is 0 Å². The van der Waals surface area contributed by atoms with E-state index in [2.05, 4.69) is 8.99 Å². The van der Waals surface area contributed by atoms with Gasteiger partial charge in [-0.1, -0.05) is 0 Å². The Morgan fingerprint density at radius 3 is 2.36 bits per heavy atom. The smallest absolute Gasteiger partial charge is 0.168 e. The Morgan fingerprint density at radius 2 is 2.00 bits per heavy atom. The van der Waals surface area contributed by atoms with Crippen molar-refractivity contribution in [3.05, 3.63) is 10.4 Å². The van der Waals surface area contributed by atoms with Crippen LogP contribution in [0.4, 0.5) is 0 Å². The molecule has 0 amide bonds. The van der Waals surface area contributed by atoms with Gasteiger partial charge in [0.15, 0.2) is 0 Å². The Kier molecular flexibility index (Phi) is 3.30. The van der Waals surface area contributed by atoms with Gasteiger partial charge in [0.1, 0.15) is 0 Å². The Bertz CT molecular complexity index is 384. The molecule has 0 aliphatic rings. The molecule has 11 heteroatoms. The van der Waals surface area contributed by atoms with Crippen LogP contribution in [0.3, 0.4) is 0 Å². The fourth-order valence-corrected chi connectivity index (χ4v) is 1.08. The maximum absolute atomic E-state index is 10.3. The predicted molar refractivity (Wildman–Crippen MR) is 32.5 cm³/mol. The van der Waals surface area contributed by atoms with Crippen LogP contribution in [-0.2, 0) is 20.7 Å². The van der Waals surface area contributed by atoms with Crippen LogP contribution in [0.2, 0.25) is 0 Å². The normalized spacial score (nSPS) is 9.45. The van der Waals surface area contributed by atoms with E-state index in [-0.39, 0.29) is 0 Å². The van der Waals surface area contributed by atoms with Crippen LogP contribution in [0.25, 0.3) is 10.4 Å². The molecule has 0 aliphatic carbocycles. The van der Waals surface area contributed by atoms with Crippen LogP contribution in [-0.4, -0.2) is 16.8 Å². The van der Waals surface area contributed by atoms with Crippen molar-refractivity contribution in [1.29, 1.82) is 0 Å². The van der Waals surface area contributed by atoms with E-state index in [1.54, 1.807) is 0 Å². The lowest BCUT2D eigenvalue weighted by atomic mass is 12.7. The Morgan fingerprint density at radius 1 is 1.45 bits per heavy atom. The van der Waals surface area contributed by atoms with Crippen molar-refractivity contribution in [2.24, 2.45) is 8.99 Å². The van der Waals surface area contributed by atoms with E-state index in [9.17, 15) is 16.8 Å². The van der Waals surface area contributed by atoms with Gasteiger partial charge in [0.2, 0.25) is 0 Å². The molecular formula is HN5O4S2. The highest BCUT2D eigenvalue weighted by molar-refractivity contribution is 7.92. The summed E-state index contributed by atoms with van der Waals surface area (Å²) in [6.45, 7) is 0. The Labute approximate surface area is 62.5 Å². The van der Waals surface area contributed by atoms with E-state index in [0.717, 1.165) is 4.83 Å². The molecule has 0 aliphatic heterocycles. The number of azide groups is 1. The molecule has 0 spiro atoms.